The summed E-state index contributed by atoms with van der Waals surface area (Å²) in [6, 6.07) is 0. The maximum Gasteiger partial charge on any atom is 0.147 e. The molecule has 0 bridgehead atoms. The summed E-state index contributed by atoms with van der Waals surface area (Å²) in [6.45, 7) is 4.90. The first kappa shape index (κ1) is 14.2. The summed E-state index contributed by atoms with van der Waals surface area (Å²) in [7, 11) is 3.89. The number of nitrogens with zero attached hydrogens (tertiary/aromatic N) is 3. The van der Waals surface area contributed by atoms with E-state index in [1.54, 1.807) is 17.7 Å². The number of anilines is 1. The molecule has 2 rings (SSSR count). The molecule has 0 amide bonds. The van der Waals surface area contributed by atoms with Crippen LogP contribution in [0.1, 0.15) is 12.5 Å². The average molecular weight is 280 g/mol. The van der Waals surface area contributed by atoms with Gasteiger partial charge in [-0.15, -0.1) is 11.3 Å². The number of fused-ring (bicyclic) bond motifs is 1. The smallest absolute Gasteiger partial charge is 0.147 e. The third kappa shape index (κ3) is 3.40. The second-order valence-electron chi connectivity index (χ2n) is 5.41. The molecule has 0 saturated heterocycles. The zero-order valence-corrected chi connectivity index (χ0v) is 12.6. The average Bonchev–Trinajstić information content (AvgIpc) is 2.68. The van der Waals surface area contributed by atoms with Crippen LogP contribution >= 0.6 is 11.3 Å². The van der Waals surface area contributed by atoms with Crippen molar-refractivity contribution in [1.29, 1.82) is 0 Å². The molecule has 0 saturated carbocycles. The molecule has 0 aromatic carbocycles. The minimum Gasteiger partial charge on any atom is -0.387 e. The van der Waals surface area contributed by atoms with Crippen molar-refractivity contribution in [1.82, 2.24) is 14.9 Å². The van der Waals surface area contributed by atoms with Crippen molar-refractivity contribution in [3.05, 3.63) is 17.3 Å². The van der Waals surface area contributed by atoms with E-state index < -0.39 is 5.60 Å². The third-order valence-corrected chi connectivity index (χ3v) is 3.92. The predicted octanol–water partition coefficient (Wildman–Crippen LogP) is 1.72. The highest BCUT2D eigenvalue weighted by Gasteiger charge is 2.21. The highest BCUT2D eigenvalue weighted by molar-refractivity contribution is 7.18. The van der Waals surface area contributed by atoms with E-state index in [4.69, 9.17) is 0 Å². The monoisotopic (exact) mass is 280 g/mol. The van der Waals surface area contributed by atoms with Crippen LogP contribution in [0.3, 0.4) is 0 Å². The highest BCUT2D eigenvalue weighted by Crippen LogP contribution is 2.28. The Morgan fingerprint density at radius 2 is 2.16 bits per heavy atom. The van der Waals surface area contributed by atoms with Crippen LogP contribution < -0.4 is 5.32 Å². The van der Waals surface area contributed by atoms with Gasteiger partial charge in [0.1, 0.15) is 12.1 Å². The van der Waals surface area contributed by atoms with Gasteiger partial charge in [-0.2, -0.15) is 0 Å². The fourth-order valence-electron chi connectivity index (χ4n) is 2.11. The van der Waals surface area contributed by atoms with Crippen molar-refractivity contribution < 1.29 is 5.11 Å². The SMILES string of the molecule is Cc1csc2c(NCC(C)(O)CN(C)C)ncnc12. The number of aliphatic hydroxyl groups is 1. The first-order chi connectivity index (χ1) is 8.89. The minimum atomic E-state index is -0.799. The molecule has 104 valence electrons. The van der Waals surface area contributed by atoms with Crippen molar-refractivity contribution in [3.8, 4) is 0 Å². The van der Waals surface area contributed by atoms with E-state index in [0.717, 1.165) is 21.6 Å². The first-order valence-electron chi connectivity index (χ1n) is 6.19. The fraction of sp³-hybridized carbons (Fsp3) is 0.538. The van der Waals surface area contributed by atoms with Gasteiger partial charge in [-0.25, -0.2) is 9.97 Å². The van der Waals surface area contributed by atoms with Gasteiger partial charge in [0.15, 0.2) is 0 Å². The van der Waals surface area contributed by atoms with Crippen molar-refractivity contribution >= 4 is 27.4 Å². The van der Waals surface area contributed by atoms with Gasteiger partial charge in [0.25, 0.3) is 0 Å². The number of hydrogen-bond acceptors (Lipinski definition) is 6. The molecular formula is C13H20N4OS. The standard InChI is InChI=1S/C13H20N4OS/c1-9-5-19-11-10(9)15-8-16-12(11)14-6-13(2,18)7-17(3)4/h5,8,18H,6-7H2,1-4H3,(H,14,15,16). The summed E-state index contributed by atoms with van der Waals surface area (Å²) < 4.78 is 1.04. The number of likely N-dealkylation sites (N-methyl/N-ethyl adjacent to an activating group) is 1. The van der Waals surface area contributed by atoms with Crippen LogP contribution in [-0.4, -0.2) is 52.8 Å². The summed E-state index contributed by atoms with van der Waals surface area (Å²) in [5.74, 6) is 0.794. The van der Waals surface area contributed by atoms with E-state index in [2.05, 4.69) is 20.7 Å². The van der Waals surface area contributed by atoms with Crippen LogP contribution in [0.15, 0.2) is 11.7 Å². The van der Waals surface area contributed by atoms with Crippen LogP contribution in [0.5, 0.6) is 0 Å². The Balaban J connectivity index is 2.14. The maximum absolute atomic E-state index is 10.3. The van der Waals surface area contributed by atoms with Crippen molar-refractivity contribution in [3.63, 3.8) is 0 Å². The Kier molecular flexibility index (Phi) is 4.03. The Bertz CT molecular complexity index is 565. The van der Waals surface area contributed by atoms with Gasteiger partial charge in [0.05, 0.1) is 15.8 Å². The Hall–Kier alpha value is -1.24. The number of nitrogens with one attached hydrogen (secondary N) is 1. The molecule has 19 heavy (non-hydrogen) atoms. The zero-order valence-electron chi connectivity index (χ0n) is 11.8. The van der Waals surface area contributed by atoms with Crippen LogP contribution in [0.2, 0.25) is 0 Å². The third-order valence-electron chi connectivity index (χ3n) is 2.82. The van der Waals surface area contributed by atoms with Gasteiger partial charge in [-0.3, -0.25) is 0 Å². The van der Waals surface area contributed by atoms with Crippen molar-refractivity contribution in [2.75, 3.05) is 32.5 Å². The minimum absolute atomic E-state index is 0.453. The molecule has 2 N–H and O–H groups in total. The molecule has 0 aliphatic heterocycles. The molecule has 0 spiro atoms. The summed E-state index contributed by atoms with van der Waals surface area (Å²) in [6.07, 6.45) is 1.56. The Morgan fingerprint density at radius 3 is 2.84 bits per heavy atom. The highest BCUT2D eigenvalue weighted by atomic mass is 32.1. The number of aromatic nitrogens is 2. The zero-order chi connectivity index (χ0) is 14.0. The summed E-state index contributed by atoms with van der Waals surface area (Å²) in [4.78, 5) is 10.5. The van der Waals surface area contributed by atoms with Crippen molar-refractivity contribution in [2.45, 2.75) is 19.4 Å². The molecule has 0 radical (unpaired) electrons. The maximum atomic E-state index is 10.3. The summed E-state index contributed by atoms with van der Waals surface area (Å²) in [5, 5.41) is 15.6. The lowest BCUT2D eigenvalue weighted by Crippen LogP contribution is -2.43. The lowest BCUT2D eigenvalue weighted by Gasteiger charge is -2.27. The predicted molar refractivity (Wildman–Crippen MR) is 79.8 cm³/mol. The van der Waals surface area contributed by atoms with Crippen LogP contribution in [0.25, 0.3) is 10.2 Å². The van der Waals surface area contributed by atoms with Gasteiger partial charge in [-0.05, 0) is 38.9 Å². The van der Waals surface area contributed by atoms with Gasteiger partial charge in [-0.1, -0.05) is 0 Å². The van der Waals surface area contributed by atoms with E-state index >= 15 is 0 Å². The molecule has 0 fully saturated rings. The number of hydrogen-bond donors (Lipinski definition) is 2. The number of thiophene rings is 1. The van der Waals surface area contributed by atoms with Gasteiger partial charge < -0.3 is 15.3 Å². The second-order valence-corrected chi connectivity index (χ2v) is 6.29. The Labute approximate surface area is 117 Å². The van der Waals surface area contributed by atoms with Crippen LogP contribution in [0.4, 0.5) is 5.82 Å². The second kappa shape index (κ2) is 5.40. The molecule has 2 aromatic rings. The molecular weight excluding hydrogens is 260 g/mol. The fourth-order valence-corrected chi connectivity index (χ4v) is 3.07. The van der Waals surface area contributed by atoms with Gasteiger partial charge in [0, 0.05) is 13.1 Å². The summed E-state index contributed by atoms with van der Waals surface area (Å²) in [5.41, 5.74) is 1.34. The lowest BCUT2D eigenvalue weighted by molar-refractivity contribution is 0.0459. The van der Waals surface area contributed by atoms with Gasteiger partial charge in [0.2, 0.25) is 0 Å². The van der Waals surface area contributed by atoms with E-state index in [9.17, 15) is 5.11 Å². The van der Waals surface area contributed by atoms with Crippen LogP contribution in [-0.2, 0) is 0 Å². The largest absolute Gasteiger partial charge is 0.387 e. The quantitative estimate of drug-likeness (QED) is 0.873. The number of rotatable bonds is 5. The lowest BCUT2D eigenvalue weighted by atomic mass is 10.1. The van der Waals surface area contributed by atoms with E-state index in [-0.39, 0.29) is 0 Å². The molecule has 6 heteroatoms. The molecule has 0 aliphatic rings. The molecule has 2 heterocycles. The van der Waals surface area contributed by atoms with E-state index in [0.29, 0.717) is 13.1 Å². The van der Waals surface area contributed by atoms with Crippen molar-refractivity contribution in [2.24, 2.45) is 0 Å². The Morgan fingerprint density at radius 1 is 1.42 bits per heavy atom. The molecule has 1 unspecified atom stereocenters. The molecule has 0 aliphatic carbocycles. The molecule has 2 aromatic heterocycles. The molecule has 1 atom stereocenters. The topological polar surface area (TPSA) is 61.3 Å². The van der Waals surface area contributed by atoms with Gasteiger partial charge >= 0.3 is 0 Å². The normalized spacial score (nSPS) is 14.8. The summed E-state index contributed by atoms with van der Waals surface area (Å²) >= 11 is 1.63. The van der Waals surface area contributed by atoms with E-state index in [1.807, 2.05) is 32.8 Å². The van der Waals surface area contributed by atoms with Crippen LogP contribution in [0, 0.1) is 6.92 Å². The molecule has 5 nitrogen and oxygen atoms in total. The first-order valence-corrected chi connectivity index (χ1v) is 7.07. The van der Waals surface area contributed by atoms with E-state index in [1.165, 1.54) is 0 Å². The number of aryl methyl sites for hydroxylation is 1.